The van der Waals surface area contributed by atoms with Gasteiger partial charge in [0.2, 0.25) is 0 Å². The average Bonchev–Trinajstić information content (AvgIpc) is 3.68. The summed E-state index contributed by atoms with van der Waals surface area (Å²) in [7, 11) is -5.37. The van der Waals surface area contributed by atoms with E-state index in [2.05, 4.69) is 13.8 Å². The molecule has 0 radical (unpaired) electrons. The van der Waals surface area contributed by atoms with Crippen LogP contribution < -0.4 is 9.47 Å². The molecule has 6 rings (SSSR count). The first kappa shape index (κ1) is 33.7. The molecule has 4 aliphatic rings. The third kappa shape index (κ3) is 5.56. The predicted octanol–water partition coefficient (Wildman–Crippen LogP) is 5.74. The SMILES string of the molecule is COc1ccc(S(=O)(=O)OC[C@]2(C)[C@@H](OS(=O)(=O)c3ccc(OC)cc3)CC[C@@]3(C)[C@H]2CC[C@@H](C)[C@@]32CC[C@@]3(CCOC3)O2)cc1. The molecule has 0 N–H and O–H groups in total. The molecule has 2 saturated heterocycles. The lowest BCUT2D eigenvalue weighted by Gasteiger charge is -2.65. The number of ether oxygens (including phenoxy) is 4. The third-order valence-corrected chi connectivity index (χ3v) is 14.4. The number of benzene rings is 2. The van der Waals surface area contributed by atoms with Crippen LogP contribution in [0.15, 0.2) is 58.3 Å². The summed E-state index contributed by atoms with van der Waals surface area (Å²) in [5.74, 6) is 1.17. The van der Waals surface area contributed by atoms with E-state index in [1.54, 1.807) is 24.3 Å². The maximum atomic E-state index is 13.7. The molecule has 2 saturated carbocycles. The maximum Gasteiger partial charge on any atom is 0.297 e. The van der Waals surface area contributed by atoms with E-state index in [1.807, 2.05) is 6.92 Å². The van der Waals surface area contributed by atoms with Gasteiger partial charge in [0, 0.05) is 23.9 Å². The fourth-order valence-corrected chi connectivity index (χ4v) is 11.3. The van der Waals surface area contributed by atoms with Crippen LogP contribution in [0.1, 0.15) is 65.7 Å². The maximum absolute atomic E-state index is 13.7. The summed E-state index contributed by atoms with van der Waals surface area (Å²) in [6, 6.07) is 12.1. The minimum Gasteiger partial charge on any atom is -0.497 e. The van der Waals surface area contributed by atoms with Gasteiger partial charge in [-0.15, -0.1) is 0 Å². The van der Waals surface area contributed by atoms with Crippen molar-refractivity contribution >= 4 is 20.2 Å². The van der Waals surface area contributed by atoms with Crippen molar-refractivity contribution in [2.24, 2.45) is 22.7 Å². The number of methoxy groups -OCH3 is 2. The lowest BCUT2D eigenvalue weighted by molar-refractivity contribution is -0.262. The first-order valence-electron chi connectivity index (χ1n) is 16.1. The van der Waals surface area contributed by atoms with E-state index in [0.717, 1.165) is 32.1 Å². The number of hydrogen-bond donors (Lipinski definition) is 0. The lowest BCUT2D eigenvalue weighted by Crippen LogP contribution is -2.67. The fourth-order valence-electron chi connectivity index (χ4n) is 9.09. The van der Waals surface area contributed by atoms with Crippen molar-refractivity contribution in [1.82, 2.24) is 0 Å². The highest BCUT2D eigenvalue weighted by Crippen LogP contribution is 2.68. The zero-order chi connectivity index (χ0) is 33.0. The zero-order valence-corrected chi connectivity index (χ0v) is 29.0. The van der Waals surface area contributed by atoms with Crippen molar-refractivity contribution in [3.63, 3.8) is 0 Å². The fraction of sp³-hybridized carbons (Fsp3) is 0.647. The molecule has 2 aromatic rings. The molecule has 46 heavy (non-hydrogen) atoms. The molecule has 0 amide bonds. The molecular weight excluding hydrogens is 632 g/mol. The molecule has 2 spiro atoms. The van der Waals surface area contributed by atoms with E-state index in [-0.39, 0.29) is 39.2 Å². The van der Waals surface area contributed by atoms with Gasteiger partial charge >= 0.3 is 0 Å². The van der Waals surface area contributed by atoms with Gasteiger partial charge < -0.3 is 18.9 Å². The second-order valence-corrected chi connectivity index (χ2v) is 17.3. The van der Waals surface area contributed by atoms with Crippen LogP contribution in [0.4, 0.5) is 0 Å². The van der Waals surface area contributed by atoms with Crippen LogP contribution in [0.25, 0.3) is 0 Å². The quantitative estimate of drug-likeness (QED) is 0.303. The van der Waals surface area contributed by atoms with E-state index in [4.69, 9.17) is 27.3 Å². The smallest absolute Gasteiger partial charge is 0.297 e. The summed E-state index contributed by atoms with van der Waals surface area (Å²) >= 11 is 0. The van der Waals surface area contributed by atoms with Gasteiger partial charge in [0.05, 0.1) is 54.5 Å². The van der Waals surface area contributed by atoms with Gasteiger partial charge in [-0.05, 0) is 98.9 Å². The Hall–Kier alpha value is -2.22. The van der Waals surface area contributed by atoms with Crippen LogP contribution in [0.5, 0.6) is 11.5 Å². The van der Waals surface area contributed by atoms with Crippen molar-refractivity contribution in [3.05, 3.63) is 48.5 Å². The van der Waals surface area contributed by atoms with E-state index < -0.39 is 37.4 Å². The highest BCUT2D eigenvalue weighted by molar-refractivity contribution is 7.87. The molecule has 0 unspecified atom stereocenters. The van der Waals surface area contributed by atoms with Crippen LogP contribution in [0.3, 0.4) is 0 Å². The highest BCUT2D eigenvalue weighted by atomic mass is 32.2. The van der Waals surface area contributed by atoms with Gasteiger partial charge in [0.25, 0.3) is 20.2 Å². The number of fused-ring (bicyclic) bond motifs is 2. The standard InChI is InChI=1S/C34H46O10S2/c1-24-6-15-29-31(2,22-42-45(35,36)27-11-7-25(39-4)8-12-27)30(43-46(37,38)28-13-9-26(40-5)10-14-28)16-17-32(29,3)34(24)19-18-33(44-34)20-21-41-23-33/h7-14,24,29-30H,6,15-23H2,1-5H3/t24-,29+,30+,31+,32+,33+,34+/m1/s1. The molecule has 12 heteroatoms. The summed E-state index contributed by atoms with van der Waals surface area (Å²) < 4.78 is 89.8. The molecule has 254 valence electrons. The Kier molecular flexibility index (Phi) is 8.81. The molecule has 0 aromatic heterocycles. The number of rotatable bonds is 9. The first-order chi connectivity index (χ1) is 21.7. The monoisotopic (exact) mass is 678 g/mol. The van der Waals surface area contributed by atoms with Crippen LogP contribution >= 0.6 is 0 Å². The Balaban J connectivity index is 1.36. The molecule has 2 aromatic carbocycles. The Morgan fingerprint density at radius 2 is 1.39 bits per heavy atom. The van der Waals surface area contributed by atoms with Crippen molar-refractivity contribution in [2.75, 3.05) is 34.0 Å². The first-order valence-corrected chi connectivity index (χ1v) is 18.9. The van der Waals surface area contributed by atoms with Crippen LogP contribution in [0.2, 0.25) is 0 Å². The molecule has 0 bridgehead atoms. The van der Waals surface area contributed by atoms with Gasteiger partial charge in [-0.1, -0.05) is 20.8 Å². The van der Waals surface area contributed by atoms with Crippen molar-refractivity contribution in [2.45, 2.75) is 92.8 Å². The van der Waals surface area contributed by atoms with Crippen molar-refractivity contribution in [3.8, 4) is 11.5 Å². The normalized spacial score (nSPS) is 36.2. The average molecular weight is 679 g/mol. The van der Waals surface area contributed by atoms with Gasteiger partial charge in [-0.25, -0.2) is 0 Å². The van der Waals surface area contributed by atoms with E-state index >= 15 is 0 Å². The van der Waals surface area contributed by atoms with Crippen molar-refractivity contribution < 1.29 is 44.1 Å². The van der Waals surface area contributed by atoms with Gasteiger partial charge in [0.1, 0.15) is 11.5 Å². The van der Waals surface area contributed by atoms with Crippen LogP contribution in [0, 0.1) is 22.7 Å². The lowest BCUT2D eigenvalue weighted by atomic mass is 9.43. The molecular formula is C34H46O10S2. The summed E-state index contributed by atoms with van der Waals surface area (Å²) in [6.45, 7) is 7.46. The summed E-state index contributed by atoms with van der Waals surface area (Å²) in [4.78, 5) is 0.00151. The third-order valence-electron chi connectivity index (χ3n) is 11.8. The molecule has 7 atom stereocenters. The summed E-state index contributed by atoms with van der Waals surface area (Å²) in [5.41, 5.74) is -2.15. The minimum atomic E-state index is -4.21. The molecule has 2 aliphatic carbocycles. The topological polar surface area (TPSA) is 124 Å². The minimum absolute atomic E-state index is 0.00479. The highest BCUT2D eigenvalue weighted by Gasteiger charge is 2.70. The van der Waals surface area contributed by atoms with E-state index in [1.165, 1.54) is 38.5 Å². The Bertz CT molecular complexity index is 1620. The Labute approximate surface area is 273 Å². The predicted molar refractivity (Wildman–Crippen MR) is 170 cm³/mol. The molecule has 2 heterocycles. The number of hydrogen-bond acceptors (Lipinski definition) is 10. The second-order valence-electron chi connectivity index (χ2n) is 14.1. The molecule has 10 nitrogen and oxygen atoms in total. The Morgan fingerprint density at radius 1 is 0.783 bits per heavy atom. The second kappa shape index (κ2) is 12.0. The van der Waals surface area contributed by atoms with E-state index in [0.29, 0.717) is 37.6 Å². The van der Waals surface area contributed by atoms with E-state index in [9.17, 15) is 16.8 Å². The van der Waals surface area contributed by atoms with Crippen LogP contribution in [-0.2, 0) is 38.1 Å². The van der Waals surface area contributed by atoms with Crippen molar-refractivity contribution in [1.29, 1.82) is 0 Å². The largest absolute Gasteiger partial charge is 0.497 e. The van der Waals surface area contributed by atoms with Crippen LogP contribution in [-0.4, -0.2) is 68.2 Å². The molecule has 4 fully saturated rings. The summed E-state index contributed by atoms with van der Waals surface area (Å²) in [6.07, 6.45) is 4.49. The summed E-state index contributed by atoms with van der Waals surface area (Å²) in [5, 5.41) is 0. The molecule has 2 aliphatic heterocycles. The van der Waals surface area contributed by atoms with Gasteiger partial charge in [0.15, 0.2) is 0 Å². The van der Waals surface area contributed by atoms with Gasteiger partial charge in [-0.3, -0.25) is 8.37 Å². The Morgan fingerprint density at radius 3 is 1.96 bits per heavy atom. The zero-order valence-electron chi connectivity index (χ0n) is 27.3. The van der Waals surface area contributed by atoms with Gasteiger partial charge in [-0.2, -0.15) is 16.8 Å².